The molecule has 192 valence electrons. The van der Waals surface area contributed by atoms with Crippen LogP contribution >= 0.6 is 0 Å². The third-order valence-electron chi connectivity index (χ3n) is 7.48. The second-order valence-corrected chi connectivity index (χ2v) is 10.2. The number of hydrogen-bond donors (Lipinski definition) is 0. The van der Waals surface area contributed by atoms with Crippen LogP contribution in [0.15, 0.2) is 66.7 Å². The molecule has 2 aromatic carbocycles. The predicted octanol–water partition coefficient (Wildman–Crippen LogP) is 4.32. The van der Waals surface area contributed by atoms with Gasteiger partial charge in [-0.25, -0.2) is 0 Å². The summed E-state index contributed by atoms with van der Waals surface area (Å²) in [5.74, 6) is 1.03. The van der Waals surface area contributed by atoms with Crippen LogP contribution in [0.4, 0.5) is 5.82 Å². The van der Waals surface area contributed by atoms with Gasteiger partial charge in [-0.05, 0) is 43.9 Å². The van der Waals surface area contributed by atoms with Crippen LogP contribution in [0.2, 0.25) is 0 Å². The molecule has 2 aliphatic rings. The highest BCUT2D eigenvalue weighted by Crippen LogP contribution is 2.29. The van der Waals surface area contributed by atoms with Gasteiger partial charge < -0.3 is 14.7 Å². The van der Waals surface area contributed by atoms with Crippen LogP contribution in [0.5, 0.6) is 0 Å². The maximum absolute atomic E-state index is 13.3. The zero-order valence-corrected chi connectivity index (χ0v) is 21.6. The summed E-state index contributed by atoms with van der Waals surface area (Å²) in [7, 11) is 0. The van der Waals surface area contributed by atoms with Crippen LogP contribution in [0.25, 0.3) is 11.3 Å². The second kappa shape index (κ2) is 11.5. The van der Waals surface area contributed by atoms with E-state index in [0.29, 0.717) is 26.2 Å². The average Bonchev–Trinajstić information content (AvgIpc) is 3.15. The molecule has 0 unspecified atom stereocenters. The third kappa shape index (κ3) is 6.16. The number of amides is 2. The number of carbonyl (C=O) groups excluding carboxylic acids is 2. The zero-order chi connectivity index (χ0) is 25.6. The lowest BCUT2D eigenvalue weighted by atomic mass is 9.84. The van der Waals surface area contributed by atoms with Gasteiger partial charge in [-0.2, -0.15) is 0 Å². The number of carbonyl (C=O) groups is 2. The quantitative estimate of drug-likeness (QED) is 0.486. The van der Waals surface area contributed by atoms with Gasteiger partial charge >= 0.3 is 0 Å². The van der Waals surface area contributed by atoms with E-state index in [4.69, 9.17) is 0 Å². The van der Waals surface area contributed by atoms with Crippen LogP contribution < -0.4 is 4.90 Å². The molecule has 1 saturated carbocycles. The van der Waals surface area contributed by atoms with Gasteiger partial charge in [-0.1, -0.05) is 66.6 Å². The summed E-state index contributed by atoms with van der Waals surface area (Å²) in [6.45, 7) is 5.48. The van der Waals surface area contributed by atoms with E-state index in [0.717, 1.165) is 54.9 Å². The van der Waals surface area contributed by atoms with E-state index >= 15 is 0 Å². The minimum absolute atomic E-state index is 0.0197. The van der Waals surface area contributed by atoms with Crippen LogP contribution in [-0.4, -0.2) is 64.5 Å². The van der Waals surface area contributed by atoms with E-state index in [1.165, 1.54) is 5.56 Å². The van der Waals surface area contributed by atoms with Gasteiger partial charge in [0.25, 0.3) is 0 Å². The Balaban J connectivity index is 1.20. The molecular weight excluding hydrogens is 462 g/mol. The van der Waals surface area contributed by atoms with E-state index < -0.39 is 0 Å². The molecule has 1 aliphatic carbocycles. The number of aryl methyl sites for hydroxylation is 1. The number of anilines is 1. The van der Waals surface area contributed by atoms with Gasteiger partial charge in [-0.3, -0.25) is 9.59 Å². The molecule has 2 heterocycles. The summed E-state index contributed by atoms with van der Waals surface area (Å²) in [6, 6.07) is 22.2. The number of aromatic nitrogens is 2. The molecular formula is C30H35N5O2. The van der Waals surface area contributed by atoms with Crippen LogP contribution in [0.1, 0.15) is 36.8 Å². The Morgan fingerprint density at radius 1 is 0.865 bits per heavy atom. The number of nitrogens with zero attached hydrogens (tertiary/aromatic N) is 5. The Morgan fingerprint density at radius 2 is 1.65 bits per heavy atom. The van der Waals surface area contributed by atoms with Gasteiger partial charge in [0.05, 0.1) is 5.69 Å². The van der Waals surface area contributed by atoms with E-state index in [1.54, 1.807) is 4.90 Å². The molecule has 0 N–H and O–H groups in total. The van der Waals surface area contributed by atoms with Crippen molar-refractivity contribution in [3.63, 3.8) is 0 Å². The van der Waals surface area contributed by atoms with Crippen LogP contribution in [-0.2, 0) is 16.1 Å². The SMILES string of the molecule is Cc1ccc(-c2ccc(N3CCCN(C(=O)CN(Cc4ccccc4)C(=O)C4CCC4)CC3)nn2)cc1. The van der Waals surface area contributed by atoms with Crippen LogP contribution in [0, 0.1) is 12.8 Å². The minimum Gasteiger partial charge on any atom is -0.353 e. The summed E-state index contributed by atoms with van der Waals surface area (Å²) < 4.78 is 0. The molecule has 2 fully saturated rings. The summed E-state index contributed by atoms with van der Waals surface area (Å²) in [5, 5.41) is 8.94. The van der Waals surface area contributed by atoms with Crippen molar-refractivity contribution < 1.29 is 9.59 Å². The summed E-state index contributed by atoms with van der Waals surface area (Å²) in [4.78, 5) is 32.3. The molecule has 1 aliphatic heterocycles. The van der Waals surface area contributed by atoms with Gasteiger partial charge in [0.15, 0.2) is 5.82 Å². The molecule has 3 aromatic rings. The van der Waals surface area contributed by atoms with E-state index in [1.807, 2.05) is 47.4 Å². The van der Waals surface area contributed by atoms with Gasteiger partial charge in [0.1, 0.15) is 6.54 Å². The second-order valence-electron chi connectivity index (χ2n) is 10.2. The topological polar surface area (TPSA) is 69.6 Å². The highest BCUT2D eigenvalue weighted by Gasteiger charge is 2.31. The number of hydrogen-bond acceptors (Lipinski definition) is 5. The molecule has 0 atom stereocenters. The van der Waals surface area contributed by atoms with Crippen molar-refractivity contribution in [2.24, 2.45) is 5.92 Å². The van der Waals surface area contributed by atoms with E-state index in [-0.39, 0.29) is 24.3 Å². The zero-order valence-electron chi connectivity index (χ0n) is 21.6. The average molecular weight is 498 g/mol. The predicted molar refractivity (Wildman–Crippen MR) is 145 cm³/mol. The number of benzene rings is 2. The molecule has 7 nitrogen and oxygen atoms in total. The molecule has 0 radical (unpaired) electrons. The van der Waals surface area contributed by atoms with Crippen molar-refractivity contribution in [3.05, 3.63) is 77.9 Å². The van der Waals surface area contributed by atoms with Gasteiger partial charge in [0.2, 0.25) is 11.8 Å². The molecule has 7 heteroatoms. The van der Waals surface area contributed by atoms with E-state index in [2.05, 4.69) is 46.3 Å². The van der Waals surface area contributed by atoms with Gasteiger partial charge in [0, 0.05) is 44.2 Å². The van der Waals surface area contributed by atoms with Crippen LogP contribution in [0.3, 0.4) is 0 Å². The summed E-state index contributed by atoms with van der Waals surface area (Å²) in [5.41, 5.74) is 4.17. The molecule has 2 amide bonds. The summed E-state index contributed by atoms with van der Waals surface area (Å²) in [6.07, 6.45) is 3.81. The molecule has 37 heavy (non-hydrogen) atoms. The van der Waals surface area contributed by atoms with Crippen molar-refractivity contribution in [2.75, 3.05) is 37.6 Å². The molecule has 0 spiro atoms. The standard InChI is InChI=1S/C30H35N5O2/c1-23-11-13-25(14-12-23)27-15-16-28(32-31-27)33-17-6-18-34(20-19-33)29(36)22-35(30(37)26-9-5-10-26)21-24-7-3-2-4-8-24/h2-4,7-8,11-16,26H,5-6,9-10,17-22H2,1H3. The Labute approximate surface area is 219 Å². The lowest BCUT2D eigenvalue weighted by Gasteiger charge is -2.33. The Kier molecular flexibility index (Phi) is 7.78. The normalized spacial score (nSPS) is 16.1. The maximum Gasteiger partial charge on any atom is 0.242 e. The fourth-order valence-electron chi connectivity index (χ4n) is 4.96. The number of rotatable bonds is 7. The Bertz CT molecular complexity index is 1190. The maximum atomic E-state index is 13.3. The molecule has 5 rings (SSSR count). The first-order chi connectivity index (χ1) is 18.1. The highest BCUT2D eigenvalue weighted by atomic mass is 16.2. The van der Waals surface area contributed by atoms with Crippen molar-refractivity contribution in [1.82, 2.24) is 20.0 Å². The lowest BCUT2D eigenvalue weighted by Crippen LogP contribution is -2.46. The molecule has 0 bridgehead atoms. The highest BCUT2D eigenvalue weighted by molar-refractivity contribution is 5.86. The molecule has 1 aromatic heterocycles. The largest absolute Gasteiger partial charge is 0.353 e. The fourth-order valence-corrected chi connectivity index (χ4v) is 4.96. The Morgan fingerprint density at radius 3 is 2.32 bits per heavy atom. The third-order valence-corrected chi connectivity index (χ3v) is 7.48. The summed E-state index contributed by atoms with van der Waals surface area (Å²) >= 11 is 0. The van der Waals surface area contributed by atoms with E-state index in [9.17, 15) is 9.59 Å². The first kappa shape index (κ1) is 24.9. The van der Waals surface area contributed by atoms with Gasteiger partial charge in [-0.15, -0.1) is 10.2 Å². The van der Waals surface area contributed by atoms with Crippen molar-refractivity contribution >= 4 is 17.6 Å². The minimum atomic E-state index is 0.0197. The Hall–Kier alpha value is -3.74. The van der Waals surface area contributed by atoms with Crippen molar-refractivity contribution in [3.8, 4) is 11.3 Å². The smallest absolute Gasteiger partial charge is 0.242 e. The molecule has 1 saturated heterocycles. The fraction of sp³-hybridized carbons (Fsp3) is 0.400. The van der Waals surface area contributed by atoms with Crippen molar-refractivity contribution in [2.45, 2.75) is 39.2 Å². The lowest BCUT2D eigenvalue weighted by molar-refractivity contribution is -0.145. The first-order valence-electron chi connectivity index (χ1n) is 13.3. The first-order valence-corrected chi connectivity index (χ1v) is 13.3. The van der Waals surface area contributed by atoms with Crippen molar-refractivity contribution in [1.29, 1.82) is 0 Å². The monoisotopic (exact) mass is 497 g/mol.